The van der Waals surface area contributed by atoms with Crippen molar-refractivity contribution in [3.8, 4) is 11.5 Å². The number of quaternary nitrogens is 1. The quantitative estimate of drug-likeness (QED) is 0.527. The fourth-order valence-electron chi connectivity index (χ4n) is 1.88. The molecule has 0 aliphatic heterocycles. The van der Waals surface area contributed by atoms with E-state index in [1.54, 1.807) is 32.6 Å². The van der Waals surface area contributed by atoms with E-state index in [1.165, 1.54) is 4.90 Å². The highest BCUT2D eigenvalue weighted by Crippen LogP contribution is 2.26. The summed E-state index contributed by atoms with van der Waals surface area (Å²) in [5.74, 6) is 1.19. The molecule has 0 heterocycles. The Balaban J connectivity index is 2.59. The van der Waals surface area contributed by atoms with Crippen LogP contribution in [0.5, 0.6) is 11.5 Å². The zero-order valence-corrected chi connectivity index (χ0v) is 13.1. The number of hydrazone groups is 1. The fraction of sp³-hybridized carbons (Fsp3) is 0.467. The molecule has 0 fully saturated rings. The van der Waals surface area contributed by atoms with E-state index in [0.717, 1.165) is 18.7 Å². The number of methoxy groups -OCH3 is 2. The number of amides is 1. The molecule has 0 aliphatic carbocycles. The number of carbonyl (C=O) groups is 1. The lowest BCUT2D eigenvalue weighted by molar-refractivity contribution is -0.888. The van der Waals surface area contributed by atoms with E-state index in [9.17, 15) is 4.79 Å². The molecule has 0 saturated heterocycles. The van der Waals surface area contributed by atoms with Gasteiger partial charge in [0.1, 0.15) is 0 Å². The van der Waals surface area contributed by atoms with Gasteiger partial charge in [0.25, 0.3) is 5.91 Å². The van der Waals surface area contributed by atoms with Crippen molar-refractivity contribution in [1.29, 1.82) is 0 Å². The van der Waals surface area contributed by atoms with Crippen LogP contribution in [0.1, 0.15) is 19.4 Å². The lowest BCUT2D eigenvalue weighted by Crippen LogP contribution is -3.12. The highest BCUT2D eigenvalue weighted by molar-refractivity contribution is 5.83. The normalized spacial score (nSPS) is 10.9. The highest BCUT2D eigenvalue weighted by Gasteiger charge is 2.09. The van der Waals surface area contributed by atoms with Gasteiger partial charge < -0.3 is 14.4 Å². The van der Waals surface area contributed by atoms with Crippen molar-refractivity contribution >= 4 is 12.1 Å². The maximum Gasteiger partial charge on any atom is 0.295 e. The molecular formula is C15H24N3O3+. The molecule has 0 spiro atoms. The molecule has 6 nitrogen and oxygen atoms in total. The Kier molecular flexibility index (Phi) is 7.25. The minimum absolute atomic E-state index is 0.0922. The molecular weight excluding hydrogens is 270 g/mol. The van der Waals surface area contributed by atoms with Crippen molar-refractivity contribution in [2.45, 2.75) is 13.8 Å². The third-order valence-electron chi connectivity index (χ3n) is 3.22. The van der Waals surface area contributed by atoms with E-state index >= 15 is 0 Å². The molecule has 6 heteroatoms. The van der Waals surface area contributed by atoms with E-state index in [4.69, 9.17) is 9.47 Å². The zero-order valence-electron chi connectivity index (χ0n) is 13.1. The molecule has 0 saturated carbocycles. The monoisotopic (exact) mass is 294 g/mol. The number of nitrogens with one attached hydrogen (secondary N) is 2. The topological polar surface area (TPSA) is 64.4 Å². The van der Waals surface area contributed by atoms with E-state index in [2.05, 4.69) is 24.4 Å². The molecule has 0 aliphatic rings. The van der Waals surface area contributed by atoms with Gasteiger partial charge in [-0.15, -0.1) is 0 Å². The Bertz CT molecular complexity index is 485. The summed E-state index contributed by atoms with van der Waals surface area (Å²) in [7, 11) is 3.16. The molecule has 2 N–H and O–H groups in total. The molecule has 1 aromatic carbocycles. The predicted molar refractivity (Wildman–Crippen MR) is 82.2 cm³/mol. The second kappa shape index (κ2) is 8.97. The van der Waals surface area contributed by atoms with Crippen LogP contribution in [-0.4, -0.2) is 46.0 Å². The Hall–Kier alpha value is -2.08. The summed E-state index contributed by atoms with van der Waals surface area (Å²) in [4.78, 5) is 12.9. The highest BCUT2D eigenvalue weighted by atomic mass is 16.5. The number of nitrogens with zero attached hydrogens (tertiary/aromatic N) is 1. The predicted octanol–water partition coefficient (Wildman–Crippen LogP) is 0.0786. The molecule has 0 aromatic heterocycles. The molecule has 0 unspecified atom stereocenters. The second-order valence-electron chi connectivity index (χ2n) is 4.54. The maximum absolute atomic E-state index is 11.7. The molecule has 0 radical (unpaired) electrons. The van der Waals surface area contributed by atoms with Gasteiger partial charge in [-0.25, -0.2) is 5.43 Å². The van der Waals surface area contributed by atoms with Gasteiger partial charge in [0.05, 0.1) is 33.5 Å². The van der Waals surface area contributed by atoms with Crippen LogP contribution < -0.4 is 19.8 Å². The number of hydrogen-bond donors (Lipinski definition) is 2. The van der Waals surface area contributed by atoms with E-state index in [0.29, 0.717) is 18.0 Å². The lowest BCUT2D eigenvalue weighted by atomic mass is 10.2. The van der Waals surface area contributed by atoms with Crippen LogP contribution in [0.15, 0.2) is 23.3 Å². The lowest BCUT2D eigenvalue weighted by Gasteiger charge is -2.13. The van der Waals surface area contributed by atoms with Crippen LogP contribution >= 0.6 is 0 Å². The van der Waals surface area contributed by atoms with Crippen LogP contribution in [0.25, 0.3) is 0 Å². The number of hydrogen-bond acceptors (Lipinski definition) is 4. The van der Waals surface area contributed by atoms with Crippen LogP contribution in [0.3, 0.4) is 0 Å². The average molecular weight is 294 g/mol. The molecule has 1 aromatic rings. The van der Waals surface area contributed by atoms with Crippen molar-refractivity contribution in [2.75, 3.05) is 33.9 Å². The number of carbonyl (C=O) groups excluding carboxylic acids is 1. The summed E-state index contributed by atoms with van der Waals surface area (Å²) in [6.45, 7) is 6.38. The molecule has 1 rings (SSSR count). The number of benzene rings is 1. The summed E-state index contributed by atoms with van der Waals surface area (Å²) >= 11 is 0. The smallest absolute Gasteiger partial charge is 0.295 e. The van der Waals surface area contributed by atoms with Crippen LogP contribution in [-0.2, 0) is 4.79 Å². The first kappa shape index (κ1) is 17.0. The van der Waals surface area contributed by atoms with Gasteiger partial charge in [0, 0.05) is 0 Å². The zero-order chi connectivity index (χ0) is 15.7. The minimum Gasteiger partial charge on any atom is -0.493 e. The third-order valence-corrected chi connectivity index (χ3v) is 3.22. The molecule has 116 valence electrons. The van der Waals surface area contributed by atoms with Crippen LogP contribution in [0.2, 0.25) is 0 Å². The van der Waals surface area contributed by atoms with Gasteiger partial charge in [-0.2, -0.15) is 5.10 Å². The van der Waals surface area contributed by atoms with Crippen molar-refractivity contribution in [2.24, 2.45) is 5.10 Å². The van der Waals surface area contributed by atoms with Gasteiger partial charge in [0.15, 0.2) is 18.0 Å². The maximum atomic E-state index is 11.7. The van der Waals surface area contributed by atoms with E-state index in [-0.39, 0.29) is 5.91 Å². The fourth-order valence-corrected chi connectivity index (χ4v) is 1.88. The van der Waals surface area contributed by atoms with Gasteiger partial charge in [0.2, 0.25) is 0 Å². The van der Waals surface area contributed by atoms with Crippen LogP contribution in [0, 0.1) is 0 Å². The van der Waals surface area contributed by atoms with Crippen LogP contribution in [0.4, 0.5) is 0 Å². The van der Waals surface area contributed by atoms with Gasteiger partial charge in [-0.3, -0.25) is 4.79 Å². The molecule has 1 amide bonds. The van der Waals surface area contributed by atoms with Gasteiger partial charge in [-0.05, 0) is 37.6 Å². The Morgan fingerprint density at radius 1 is 1.24 bits per heavy atom. The van der Waals surface area contributed by atoms with Crippen molar-refractivity contribution < 1.29 is 19.2 Å². The molecule has 21 heavy (non-hydrogen) atoms. The van der Waals surface area contributed by atoms with Gasteiger partial charge in [-0.1, -0.05) is 0 Å². The third kappa shape index (κ3) is 5.43. The van der Waals surface area contributed by atoms with E-state index in [1.807, 2.05) is 6.07 Å². The Labute approximate surface area is 125 Å². The average Bonchev–Trinajstić information content (AvgIpc) is 2.52. The Morgan fingerprint density at radius 3 is 2.48 bits per heavy atom. The first-order valence-electron chi connectivity index (χ1n) is 7.02. The molecule has 0 bridgehead atoms. The van der Waals surface area contributed by atoms with E-state index < -0.39 is 0 Å². The minimum atomic E-state index is -0.0922. The summed E-state index contributed by atoms with van der Waals surface area (Å²) in [5, 5.41) is 3.96. The summed E-state index contributed by atoms with van der Waals surface area (Å²) in [5.41, 5.74) is 3.36. The Morgan fingerprint density at radius 2 is 1.90 bits per heavy atom. The van der Waals surface area contributed by atoms with Crippen molar-refractivity contribution in [3.63, 3.8) is 0 Å². The second-order valence-corrected chi connectivity index (χ2v) is 4.54. The SMILES string of the molecule is CC[NH+](CC)CC(=O)N/N=C\c1ccc(OC)c(OC)c1. The largest absolute Gasteiger partial charge is 0.493 e. The van der Waals surface area contributed by atoms with Gasteiger partial charge >= 0.3 is 0 Å². The first-order chi connectivity index (χ1) is 10.1. The molecule has 0 atom stereocenters. The van der Waals surface area contributed by atoms with Crippen molar-refractivity contribution in [1.82, 2.24) is 5.43 Å². The number of ether oxygens (including phenoxy) is 2. The number of likely N-dealkylation sites (N-methyl/N-ethyl adjacent to an activating group) is 1. The standard InChI is InChI=1S/C15H23N3O3/c1-5-18(6-2)11-15(19)17-16-10-12-7-8-13(20-3)14(9-12)21-4/h7-10H,5-6,11H2,1-4H3,(H,17,19)/p+1/b16-10-. The number of rotatable bonds is 8. The first-order valence-corrected chi connectivity index (χ1v) is 7.02. The summed E-state index contributed by atoms with van der Waals surface area (Å²) in [6.07, 6.45) is 1.58. The summed E-state index contributed by atoms with van der Waals surface area (Å²) in [6, 6.07) is 5.43. The summed E-state index contributed by atoms with van der Waals surface area (Å²) < 4.78 is 10.4. The van der Waals surface area contributed by atoms with Crippen molar-refractivity contribution in [3.05, 3.63) is 23.8 Å².